The van der Waals surface area contributed by atoms with Crippen LogP contribution in [0.3, 0.4) is 0 Å². The van der Waals surface area contributed by atoms with Crippen LogP contribution in [-0.4, -0.2) is 66.9 Å². The second kappa shape index (κ2) is 14.2. The summed E-state index contributed by atoms with van der Waals surface area (Å²) in [5.41, 5.74) is 1.11. The van der Waals surface area contributed by atoms with Crippen LogP contribution in [0.15, 0.2) is 35.3 Å². The van der Waals surface area contributed by atoms with E-state index < -0.39 is 6.10 Å². The minimum Gasteiger partial charge on any atom is -0.389 e. The summed E-state index contributed by atoms with van der Waals surface area (Å²) in [7, 11) is 0. The molecule has 0 spiro atoms. The Bertz CT molecular complexity index is 602. The third-order valence-corrected chi connectivity index (χ3v) is 5.94. The lowest BCUT2D eigenvalue weighted by atomic mass is 10.0. The van der Waals surface area contributed by atoms with E-state index in [1.165, 1.54) is 38.8 Å². The third-order valence-electron chi connectivity index (χ3n) is 5.94. The molecule has 170 valence electrons. The first-order valence-electron chi connectivity index (χ1n) is 11.3. The third kappa shape index (κ3) is 8.69. The fraction of sp³-hybridized carbons (Fsp3) is 0.696. The number of aliphatic hydroxyl groups excluding tert-OH is 1. The van der Waals surface area contributed by atoms with E-state index in [4.69, 9.17) is 4.74 Å². The van der Waals surface area contributed by atoms with Crippen LogP contribution >= 0.6 is 24.0 Å². The first kappa shape index (κ1) is 25.4. The highest BCUT2D eigenvalue weighted by atomic mass is 127. The Labute approximate surface area is 198 Å². The van der Waals surface area contributed by atoms with Gasteiger partial charge in [0.1, 0.15) is 0 Å². The van der Waals surface area contributed by atoms with Crippen molar-refractivity contribution < 1.29 is 9.84 Å². The molecule has 1 atom stereocenters. The molecule has 1 unspecified atom stereocenters. The zero-order chi connectivity index (χ0) is 20.3. The zero-order valence-corrected chi connectivity index (χ0v) is 20.6. The van der Waals surface area contributed by atoms with Gasteiger partial charge in [0.15, 0.2) is 5.96 Å². The highest BCUT2D eigenvalue weighted by molar-refractivity contribution is 14.0. The molecular weight excluding hydrogens is 491 g/mol. The Kier molecular flexibility index (Phi) is 12.0. The number of nitrogens with one attached hydrogen (secondary N) is 2. The minimum absolute atomic E-state index is 0. The molecule has 0 amide bonds. The quantitative estimate of drug-likeness (QED) is 0.260. The molecule has 0 radical (unpaired) electrons. The molecule has 30 heavy (non-hydrogen) atoms. The van der Waals surface area contributed by atoms with Crippen LogP contribution in [0.25, 0.3) is 0 Å². The standard InChI is InChI=1S/C23H38N4O2.HI/c1-2-24-23(25-16-22(28)18-29-17-19-8-4-3-5-9-19)26-20-12-14-27(15-13-20)21-10-6-7-11-21;/h3-5,8-9,20-22,28H,2,6-7,10-18H2,1H3,(H2,24,25,26);1H. The summed E-state index contributed by atoms with van der Waals surface area (Å²) >= 11 is 0. The van der Waals surface area contributed by atoms with Gasteiger partial charge in [0, 0.05) is 31.7 Å². The highest BCUT2D eigenvalue weighted by Gasteiger charge is 2.27. The monoisotopic (exact) mass is 530 g/mol. The molecule has 1 aromatic carbocycles. The number of halogens is 1. The largest absolute Gasteiger partial charge is 0.389 e. The minimum atomic E-state index is -0.599. The van der Waals surface area contributed by atoms with Crippen LogP contribution < -0.4 is 10.6 Å². The van der Waals surface area contributed by atoms with Crippen molar-refractivity contribution in [1.82, 2.24) is 15.5 Å². The number of likely N-dealkylation sites (tertiary alicyclic amines) is 1. The fourth-order valence-electron chi connectivity index (χ4n) is 4.33. The van der Waals surface area contributed by atoms with E-state index in [0.717, 1.165) is 37.0 Å². The van der Waals surface area contributed by atoms with E-state index in [-0.39, 0.29) is 30.6 Å². The van der Waals surface area contributed by atoms with Crippen molar-refractivity contribution in [3.05, 3.63) is 35.9 Å². The maximum Gasteiger partial charge on any atom is 0.191 e. The number of aliphatic imine (C=N–C) groups is 1. The van der Waals surface area contributed by atoms with Crippen molar-refractivity contribution in [1.29, 1.82) is 0 Å². The van der Waals surface area contributed by atoms with E-state index in [0.29, 0.717) is 19.2 Å². The molecule has 1 saturated heterocycles. The Balaban J connectivity index is 0.00000320. The maximum atomic E-state index is 10.2. The summed E-state index contributed by atoms with van der Waals surface area (Å²) in [6.45, 7) is 6.38. The summed E-state index contributed by atoms with van der Waals surface area (Å²) in [6, 6.07) is 11.3. The number of benzene rings is 1. The van der Waals surface area contributed by atoms with Crippen molar-refractivity contribution in [3.8, 4) is 0 Å². The lowest BCUT2D eigenvalue weighted by molar-refractivity contribution is 0.0331. The average Bonchev–Trinajstić information content (AvgIpc) is 3.28. The summed E-state index contributed by atoms with van der Waals surface area (Å²) < 4.78 is 5.62. The van der Waals surface area contributed by atoms with E-state index in [1.54, 1.807) is 0 Å². The fourth-order valence-corrected chi connectivity index (χ4v) is 4.33. The number of rotatable bonds is 9. The molecule has 2 fully saturated rings. The van der Waals surface area contributed by atoms with Gasteiger partial charge in [0.25, 0.3) is 0 Å². The predicted molar refractivity (Wildman–Crippen MR) is 133 cm³/mol. The van der Waals surface area contributed by atoms with Crippen molar-refractivity contribution in [2.75, 3.05) is 32.8 Å². The number of hydrogen-bond donors (Lipinski definition) is 3. The SMILES string of the molecule is CCNC(=NCC(O)COCc1ccccc1)NC1CCN(C2CCCC2)CC1.I. The highest BCUT2D eigenvalue weighted by Crippen LogP contribution is 2.26. The van der Waals surface area contributed by atoms with E-state index in [1.807, 2.05) is 30.3 Å². The first-order chi connectivity index (χ1) is 14.2. The number of piperidine rings is 1. The summed E-state index contributed by atoms with van der Waals surface area (Å²) in [6.07, 6.45) is 7.28. The number of aliphatic hydroxyl groups is 1. The number of nitrogens with zero attached hydrogens (tertiary/aromatic N) is 2. The normalized spacial score (nSPS) is 20.0. The van der Waals surface area contributed by atoms with Crippen LogP contribution in [0, 0.1) is 0 Å². The topological polar surface area (TPSA) is 69.1 Å². The molecule has 2 aliphatic rings. The molecular formula is C23H39IN4O2. The molecule has 7 heteroatoms. The Morgan fingerprint density at radius 2 is 1.87 bits per heavy atom. The molecule has 1 heterocycles. The molecule has 3 N–H and O–H groups in total. The van der Waals surface area contributed by atoms with Gasteiger partial charge in [-0.25, -0.2) is 0 Å². The van der Waals surface area contributed by atoms with Crippen LogP contribution in [0.4, 0.5) is 0 Å². The molecule has 1 aliphatic heterocycles. The lowest BCUT2D eigenvalue weighted by Gasteiger charge is -2.36. The Morgan fingerprint density at radius 3 is 2.53 bits per heavy atom. The van der Waals surface area contributed by atoms with Gasteiger partial charge in [0.05, 0.1) is 25.9 Å². The average molecular weight is 530 g/mol. The maximum absolute atomic E-state index is 10.2. The number of hydrogen-bond acceptors (Lipinski definition) is 4. The van der Waals surface area contributed by atoms with Gasteiger partial charge in [-0.2, -0.15) is 0 Å². The van der Waals surface area contributed by atoms with Crippen molar-refractivity contribution in [3.63, 3.8) is 0 Å². The Hall–Kier alpha value is -0.900. The molecule has 1 aliphatic carbocycles. The lowest BCUT2D eigenvalue weighted by Crippen LogP contribution is -2.50. The molecule has 3 rings (SSSR count). The van der Waals surface area contributed by atoms with Crippen LogP contribution in [-0.2, 0) is 11.3 Å². The van der Waals surface area contributed by atoms with E-state index in [9.17, 15) is 5.11 Å². The molecule has 0 aromatic heterocycles. The number of ether oxygens (including phenoxy) is 1. The summed E-state index contributed by atoms with van der Waals surface area (Å²) in [4.78, 5) is 7.26. The molecule has 1 aromatic rings. The van der Waals surface area contributed by atoms with Crippen molar-refractivity contribution in [2.24, 2.45) is 4.99 Å². The summed E-state index contributed by atoms with van der Waals surface area (Å²) in [5, 5.41) is 17.1. The first-order valence-corrected chi connectivity index (χ1v) is 11.3. The van der Waals surface area contributed by atoms with Gasteiger partial charge in [-0.1, -0.05) is 43.2 Å². The predicted octanol–water partition coefficient (Wildman–Crippen LogP) is 3.14. The van der Waals surface area contributed by atoms with E-state index in [2.05, 4.69) is 27.4 Å². The van der Waals surface area contributed by atoms with Gasteiger partial charge in [-0.3, -0.25) is 4.99 Å². The summed E-state index contributed by atoms with van der Waals surface area (Å²) in [5.74, 6) is 0.800. The van der Waals surface area contributed by atoms with Crippen molar-refractivity contribution in [2.45, 2.75) is 70.2 Å². The van der Waals surface area contributed by atoms with Gasteiger partial charge < -0.3 is 25.4 Å². The Morgan fingerprint density at radius 1 is 1.17 bits per heavy atom. The zero-order valence-electron chi connectivity index (χ0n) is 18.3. The van der Waals surface area contributed by atoms with Gasteiger partial charge in [-0.05, 0) is 38.2 Å². The van der Waals surface area contributed by atoms with Gasteiger partial charge in [0.2, 0.25) is 0 Å². The molecule has 0 bridgehead atoms. The number of guanidine groups is 1. The van der Waals surface area contributed by atoms with Gasteiger partial charge in [-0.15, -0.1) is 24.0 Å². The second-order valence-corrected chi connectivity index (χ2v) is 8.27. The van der Waals surface area contributed by atoms with Crippen LogP contribution in [0.2, 0.25) is 0 Å². The van der Waals surface area contributed by atoms with Crippen LogP contribution in [0.5, 0.6) is 0 Å². The molecule has 6 nitrogen and oxygen atoms in total. The van der Waals surface area contributed by atoms with Crippen LogP contribution in [0.1, 0.15) is 51.0 Å². The second-order valence-electron chi connectivity index (χ2n) is 8.27. The molecule has 1 saturated carbocycles. The van der Waals surface area contributed by atoms with E-state index >= 15 is 0 Å². The smallest absolute Gasteiger partial charge is 0.191 e. The van der Waals surface area contributed by atoms with Crippen molar-refractivity contribution >= 4 is 29.9 Å². The van der Waals surface area contributed by atoms with Gasteiger partial charge >= 0.3 is 0 Å².